The van der Waals surface area contributed by atoms with Gasteiger partial charge in [0.1, 0.15) is 0 Å². The van der Waals surface area contributed by atoms with Crippen molar-refractivity contribution in [2.75, 3.05) is 0 Å². The molecule has 0 radical (unpaired) electrons. The van der Waals surface area contributed by atoms with Gasteiger partial charge in [-0.1, -0.05) is 25.7 Å². The van der Waals surface area contributed by atoms with Crippen LogP contribution in [0.2, 0.25) is 0 Å². The van der Waals surface area contributed by atoms with Crippen LogP contribution in [0.3, 0.4) is 0 Å². The zero-order chi connectivity index (χ0) is 11.2. The molecule has 1 aliphatic carbocycles. The fourth-order valence-corrected chi connectivity index (χ4v) is 2.30. The van der Waals surface area contributed by atoms with E-state index in [4.69, 9.17) is 0 Å². The fourth-order valence-electron chi connectivity index (χ4n) is 2.30. The van der Waals surface area contributed by atoms with Crippen LogP contribution >= 0.6 is 0 Å². The van der Waals surface area contributed by atoms with Gasteiger partial charge in [0.2, 0.25) is 5.91 Å². The number of hydrogen-bond acceptors (Lipinski definition) is 2. The molecule has 0 unspecified atom stereocenters. The first-order valence-corrected chi connectivity index (χ1v) is 6.08. The number of amides is 1. The minimum atomic E-state index is 0.154. The molecule has 16 heavy (non-hydrogen) atoms. The molecular weight excluding hydrogens is 202 g/mol. The van der Waals surface area contributed by atoms with Crippen molar-refractivity contribution in [3.63, 3.8) is 0 Å². The first kappa shape index (κ1) is 11.2. The highest BCUT2D eigenvalue weighted by molar-refractivity contribution is 5.75. The minimum Gasteiger partial charge on any atom is -0.350 e. The van der Waals surface area contributed by atoms with E-state index in [1.807, 2.05) is 0 Å². The summed E-state index contributed by atoms with van der Waals surface area (Å²) in [5.41, 5.74) is 0.953. The van der Waals surface area contributed by atoms with Crippen LogP contribution in [0.15, 0.2) is 12.5 Å². The van der Waals surface area contributed by atoms with E-state index in [0.29, 0.717) is 13.0 Å². The summed E-state index contributed by atoms with van der Waals surface area (Å²) in [5.74, 6) is 0.944. The van der Waals surface area contributed by atoms with Crippen LogP contribution in [0.1, 0.15) is 44.2 Å². The van der Waals surface area contributed by atoms with Crippen LogP contribution in [-0.2, 0) is 11.3 Å². The van der Waals surface area contributed by atoms with Crippen LogP contribution in [-0.4, -0.2) is 15.9 Å². The van der Waals surface area contributed by atoms with E-state index in [1.165, 1.54) is 25.7 Å². The maximum absolute atomic E-state index is 11.5. The van der Waals surface area contributed by atoms with E-state index in [1.54, 1.807) is 12.5 Å². The van der Waals surface area contributed by atoms with Crippen molar-refractivity contribution in [1.82, 2.24) is 15.3 Å². The van der Waals surface area contributed by atoms with Crippen molar-refractivity contribution in [3.8, 4) is 0 Å². The van der Waals surface area contributed by atoms with Crippen LogP contribution < -0.4 is 5.32 Å². The quantitative estimate of drug-likeness (QED) is 0.799. The maximum atomic E-state index is 11.5. The molecule has 0 bridgehead atoms. The summed E-state index contributed by atoms with van der Waals surface area (Å²) in [6.45, 7) is 0.559. The Hall–Kier alpha value is -1.32. The number of rotatable bonds is 5. The fraction of sp³-hybridized carbons (Fsp3) is 0.667. The monoisotopic (exact) mass is 221 g/mol. The molecule has 1 aromatic rings. The smallest absolute Gasteiger partial charge is 0.220 e. The summed E-state index contributed by atoms with van der Waals surface area (Å²) in [6.07, 6.45) is 10.4. The summed E-state index contributed by atoms with van der Waals surface area (Å²) < 4.78 is 0. The number of aromatic nitrogens is 2. The molecule has 4 heteroatoms. The van der Waals surface area contributed by atoms with E-state index in [9.17, 15) is 4.79 Å². The lowest BCUT2D eigenvalue weighted by Gasteiger charge is -2.08. The van der Waals surface area contributed by atoms with Crippen molar-refractivity contribution >= 4 is 5.91 Å². The van der Waals surface area contributed by atoms with Crippen LogP contribution in [0, 0.1) is 5.92 Å². The van der Waals surface area contributed by atoms with Crippen molar-refractivity contribution < 1.29 is 4.79 Å². The first-order valence-electron chi connectivity index (χ1n) is 6.08. The third-order valence-corrected chi connectivity index (χ3v) is 3.29. The van der Waals surface area contributed by atoms with Crippen molar-refractivity contribution in [1.29, 1.82) is 0 Å². The summed E-state index contributed by atoms with van der Waals surface area (Å²) in [5, 5.41) is 2.90. The number of carbonyl (C=O) groups excluding carboxylic acids is 1. The number of H-pyrrole nitrogens is 1. The molecule has 4 nitrogen and oxygen atoms in total. The van der Waals surface area contributed by atoms with Gasteiger partial charge in [-0.2, -0.15) is 0 Å². The lowest BCUT2D eigenvalue weighted by Crippen LogP contribution is -2.23. The maximum Gasteiger partial charge on any atom is 0.220 e. The van der Waals surface area contributed by atoms with Gasteiger partial charge in [0.15, 0.2) is 0 Å². The lowest BCUT2D eigenvalue weighted by atomic mass is 10.0. The average molecular weight is 221 g/mol. The Morgan fingerprint density at radius 1 is 1.50 bits per heavy atom. The zero-order valence-electron chi connectivity index (χ0n) is 9.54. The van der Waals surface area contributed by atoms with Gasteiger partial charge in [-0.3, -0.25) is 4.79 Å². The van der Waals surface area contributed by atoms with E-state index in [2.05, 4.69) is 15.3 Å². The van der Waals surface area contributed by atoms with Gasteiger partial charge in [0.05, 0.1) is 18.6 Å². The lowest BCUT2D eigenvalue weighted by molar-refractivity contribution is -0.121. The predicted octanol–water partition coefficient (Wildman–Crippen LogP) is 2.00. The molecule has 0 aliphatic heterocycles. The van der Waals surface area contributed by atoms with Gasteiger partial charge >= 0.3 is 0 Å². The van der Waals surface area contributed by atoms with Crippen LogP contribution in [0.5, 0.6) is 0 Å². The Morgan fingerprint density at radius 2 is 2.31 bits per heavy atom. The molecule has 0 atom stereocenters. The Bertz CT molecular complexity index is 315. The molecule has 88 valence electrons. The van der Waals surface area contributed by atoms with Crippen molar-refractivity contribution in [3.05, 3.63) is 18.2 Å². The van der Waals surface area contributed by atoms with Crippen molar-refractivity contribution in [2.45, 2.75) is 45.1 Å². The number of aromatic amines is 1. The molecular formula is C12H19N3O. The molecule has 1 heterocycles. The topological polar surface area (TPSA) is 57.8 Å². The molecule has 1 aromatic heterocycles. The predicted molar refractivity (Wildman–Crippen MR) is 61.6 cm³/mol. The van der Waals surface area contributed by atoms with Gasteiger partial charge in [-0.25, -0.2) is 4.98 Å². The second-order valence-corrected chi connectivity index (χ2v) is 4.54. The first-order chi connectivity index (χ1) is 7.84. The number of nitrogens with zero attached hydrogens (tertiary/aromatic N) is 1. The second-order valence-electron chi connectivity index (χ2n) is 4.54. The van der Waals surface area contributed by atoms with E-state index >= 15 is 0 Å². The average Bonchev–Trinajstić information content (AvgIpc) is 2.96. The molecule has 0 aromatic carbocycles. The number of carbonyl (C=O) groups is 1. The van der Waals surface area contributed by atoms with E-state index in [-0.39, 0.29) is 5.91 Å². The summed E-state index contributed by atoms with van der Waals surface area (Å²) in [6, 6.07) is 0. The Balaban J connectivity index is 1.60. The highest BCUT2D eigenvalue weighted by atomic mass is 16.1. The Morgan fingerprint density at radius 3 is 3.00 bits per heavy atom. The normalized spacial score (nSPS) is 16.5. The van der Waals surface area contributed by atoms with Gasteiger partial charge in [-0.05, 0) is 12.3 Å². The molecule has 1 fully saturated rings. The largest absolute Gasteiger partial charge is 0.350 e. The molecule has 1 amide bonds. The highest BCUT2D eigenvalue weighted by Crippen LogP contribution is 2.28. The van der Waals surface area contributed by atoms with E-state index in [0.717, 1.165) is 18.0 Å². The van der Waals surface area contributed by atoms with Gasteiger partial charge in [-0.15, -0.1) is 0 Å². The molecule has 1 aliphatic rings. The summed E-state index contributed by atoms with van der Waals surface area (Å²) in [4.78, 5) is 18.4. The third kappa shape index (κ3) is 3.36. The Kier molecular flexibility index (Phi) is 3.97. The standard InChI is InChI=1S/C12H19N3O/c16-12(6-5-10-3-1-2-4-10)14-8-11-7-13-9-15-11/h7,9-10H,1-6,8H2,(H,13,15)(H,14,16). The van der Waals surface area contributed by atoms with E-state index < -0.39 is 0 Å². The summed E-state index contributed by atoms with van der Waals surface area (Å²) in [7, 11) is 0. The summed E-state index contributed by atoms with van der Waals surface area (Å²) >= 11 is 0. The minimum absolute atomic E-state index is 0.154. The second kappa shape index (κ2) is 5.68. The highest BCUT2D eigenvalue weighted by Gasteiger charge is 2.15. The zero-order valence-corrected chi connectivity index (χ0v) is 9.54. The molecule has 1 saturated carbocycles. The third-order valence-electron chi connectivity index (χ3n) is 3.29. The van der Waals surface area contributed by atoms with Crippen LogP contribution in [0.25, 0.3) is 0 Å². The van der Waals surface area contributed by atoms with Crippen molar-refractivity contribution in [2.24, 2.45) is 5.92 Å². The van der Waals surface area contributed by atoms with Gasteiger partial charge in [0, 0.05) is 12.6 Å². The number of nitrogens with one attached hydrogen (secondary N) is 2. The van der Waals surface area contributed by atoms with Crippen LogP contribution in [0.4, 0.5) is 0 Å². The SMILES string of the molecule is O=C(CCC1CCCC1)NCc1cnc[nH]1. The molecule has 2 N–H and O–H groups in total. The number of imidazole rings is 1. The Labute approximate surface area is 95.9 Å². The number of hydrogen-bond donors (Lipinski definition) is 2. The molecule has 0 saturated heterocycles. The molecule has 2 rings (SSSR count). The van der Waals surface area contributed by atoms with Gasteiger partial charge < -0.3 is 10.3 Å². The molecule has 0 spiro atoms. The van der Waals surface area contributed by atoms with Gasteiger partial charge in [0.25, 0.3) is 0 Å².